The minimum atomic E-state index is -0.344. The van der Waals surface area contributed by atoms with Crippen LogP contribution in [-0.2, 0) is 5.41 Å². The average Bonchev–Trinajstić information content (AvgIpc) is 1.58. The van der Waals surface area contributed by atoms with Crippen LogP contribution in [-0.4, -0.2) is 54.8 Å². The number of aromatic nitrogens is 11. The highest BCUT2D eigenvalue weighted by Gasteiger charge is 2.35. The van der Waals surface area contributed by atoms with Crippen molar-refractivity contribution < 1.29 is 26.3 Å². The Bertz CT molecular complexity index is 7150. The Morgan fingerprint density at radius 1 is 0.192 bits per heavy atom. The van der Waals surface area contributed by atoms with Crippen LogP contribution >= 0.6 is 0 Å². The van der Waals surface area contributed by atoms with Crippen LogP contribution in [0.1, 0.15) is 25.0 Å². The van der Waals surface area contributed by atoms with Crippen molar-refractivity contribution in [2.24, 2.45) is 0 Å². The van der Waals surface area contributed by atoms with Crippen molar-refractivity contribution >= 4 is 21.8 Å². The fraction of sp³-hybridized carbons (Fsp3) is 0.0278. The predicted molar refractivity (Wildman–Crippen MR) is 483 cm³/mol. The summed E-state index contributed by atoms with van der Waals surface area (Å²) in [6.45, 7) is 4.56. The van der Waals surface area contributed by atoms with Gasteiger partial charge >= 0.3 is 0 Å². The summed E-state index contributed by atoms with van der Waals surface area (Å²) in [6.07, 6.45) is 1.82. The van der Waals surface area contributed by atoms with Gasteiger partial charge in [0.2, 0.25) is 0 Å². The van der Waals surface area contributed by atoms with Gasteiger partial charge in [0.05, 0.1) is 16.7 Å². The summed E-state index contributed by atoms with van der Waals surface area (Å²) in [5, 5.41) is 2.23. The number of rotatable bonds is 14. The van der Waals surface area contributed by atoms with Crippen molar-refractivity contribution in [3.05, 3.63) is 428 Å². The quantitative estimate of drug-likeness (QED) is 0.0960. The molecule has 0 radical (unpaired) electrons. The second-order valence-corrected chi connectivity index (χ2v) is 30.5. The number of hydrogen-bond donors (Lipinski definition) is 0. The lowest BCUT2D eigenvalue weighted by atomic mass is 9.81. The van der Waals surface area contributed by atoms with Crippen LogP contribution in [0.25, 0.3) is 191 Å². The molecule has 17 heteroatoms. The maximum Gasteiger partial charge on any atom is 0.164 e. The van der Waals surface area contributed by atoms with Gasteiger partial charge in [-0.15, -0.1) is 0 Å². The number of pyridine rings is 2. The van der Waals surface area contributed by atoms with Gasteiger partial charge in [0.25, 0.3) is 0 Å². The molecular weight excluding hydrogens is 1570 g/mol. The van der Waals surface area contributed by atoms with E-state index in [1.807, 2.05) is 97.2 Å². The summed E-state index contributed by atoms with van der Waals surface area (Å²) >= 11 is 0. The zero-order valence-electron chi connectivity index (χ0n) is 67.1. The molecule has 21 rings (SSSR count). The van der Waals surface area contributed by atoms with Gasteiger partial charge in [-0.1, -0.05) is 220 Å². The third-order valence-corrected chi connectivity index (χ3v) is 22.1. The number of fused-ring (bicyclic) bond motifs is 5. The van der Waals surface area contributed by atoms with Crippen LogP contribution in [0.4, 0.5) is 26.3 Å². The van der Waals surface area contributed by atoms with Crippen molar-refractivity contribution in [3.8, 4) is 169 Å². The lowest BCUT2D eigenvalue weighted by Gasteiger charge is -2.22. The molecule has 15 aromatic carbocycles. The van der Waals surface area contributed by atoms with Gasteiger partial charge in [0.1, 0.15) is 34.9 Å². The molecule has 0 aliphatic heterocycles. The van der Waals surface area contributed by atoms with E-state index in [0.29, 0.717) is 85.8 Å². The molecule has 0 atom stereocenters. The van der Waals surface area contributed by atoms with Gasteiger partial charge in [-0.25, -0.2) is 76.2 Å². The third kappa shape index (κ3) is 16.9. The molecule has 0 saturated heterocycles. The first-order valence-electron chi connectivity index (χ1n) is 40.4. The molecule has 125 heavy (non-hydrogen) atoms. The van der Waals surface area contributed by atoms with Crippen molar-refractivity contribution in [1.29, 1.82) is 0 Å². The van der Waals surface area contributed by atoms with Gasteiger partial charge in [0.15, 0.2) is 52.4 Å². The normalized spacial score (nSPS) is 11.7. The molecule has 0 fully saturated rings. The molecule has 11 nitrogen and oxygen atoms in total. The highest BCUT2D eigenvalue weighted by molar-refractivity contribution is 5.94. The molecule has 5 aromatic heterocycles. The zero-order valence-corrected chi connectivity index (χ0v) is 67.1. The third-order valence-electron chi connectivity index (χ3n) is 22.1. The second kappa shape index (κ2) is 34.1. The lowest BCUT2D eigenvalue weighted by molar-refractivity contribution is 0.627. The van der Waals surface area contributed by atoms with Crippen molar-refractivity contribution in [2.75, 3.05) is 0 Å². The fourth-order valence-corrected chi connectivity index (χ4v) is 15.4. The largest absolute Gasteiger partial charge is 0.256 e. The topological polar surface area (TPSA) is 142 Å². The van der Waals surface area contributed by atoms with E-state index in [9.17, 15) is 26.3 Å². The van der Waals surface area contributed by atoms with Crippen LogP contribution in [0.5, 0.6) is 0 Å². The minimum absolute atomic E-state index is 0.0692. The molecule has 0 amide bonds. The van der Waals surface area contributed by atoms with Crippen molar-refractivity contribution in [1.82, 2.24) is 54.8 Å². The number of para-hydroxylation sites is 2. The summed E-state index contributed by atoms with van der Waals surface area (Å²) in [5.74, 6) is 1.82. The summed E-state index contributed by atoms with van der Waals surface area (Å²) in [7, 11) is 0. The SMILES string of the molecule is CC1(C)c2ccccc2-c2ccc(-c3ccc(-c4nc(-c5ccc(F)cc5)nc(-c5ccc(F)cc5)n4)cc3)cc21.Fc1ccc(-c2nc(-c3ccc(F)cc3)nc(-c3ccc(-c4ccc(-c5ccc6ccccc6n5)cc4)cc3)n2)cc1.Fc1ccc(-c2nc(-c3ccc(F)cc3)nc(-c3ccc(-c4ccc(-c5cccc6cccnc56)cc4)cc3)n2)cc1. The number of nitrogens with zero attached hydrogens (tertiary/aromatic N) is 11. The van der Waals surface area contributed by atoms with Gasteiger partial charge in [-0.2, -0.15) is 0 Å². The predicted octanol–water partition coefficient (Wildman–Crippen LogP) is 27.2. The van der Waals surface area contributed by atoms with E-state index < -0.39 is 0 Å². The first-order chi connectivity index (χ1) is 61.1. The van der Waals surface area contributed by atoms with Crippen molar-refractivity contribution in [2.45, 2.75) is 19.3 Å². The van der Waals surface area contributed by atoms with Crippen LogP contribution in [0, 0.1) is 34.9 Å². The monoisotopic (exact) mass is 1630 g/mol. The van der Waals surface area contributed by atoms with Gasteiger partial charge < -0.3 is 0 Å². The Balaban J connectivity index is 0.000000123. The first kappa shape index (κ1) is 78.6. The summed E-state index contributed by atoms with van der Waals surface area (Å²) in [4.78, 5) is 51.4. The number of hydrogen-bond acceptors (Lipinski definition) is 11. The van der Waals surface area contributed by atoms with Crippen molar-refractivity contribution in [3.63, 3.8) is 0 Å². The Kier molecular flexibility index (Phi) is 21.4. The van der Waals surface area contributed by atoms with Gasteiger partial charge in [0, 0.05) is 83.6 Å². The van der Waals surface area contributed by atoms with E-state index in [-0.39, 0.29) is 40.3 Å². The minimum Gasteiger partial charge on any atom is -0.256 e. The first-order valence-corrected chi connectivity index (χ1v) is 40.4. The second-order valence-electron chi connectivity index (χ2n) is 30.5. The van der Waals surface area contributed by atoms with Crippen LogP contribution < -0.4 is 0 Å². The lowest BCUT2D eigenvalue weighted by Crippen LogP contribution is -2.14. The van der Waals surface area contributed by atoms with Crippen LogP contribution in [0.2, 0.25) is 0 Å². The molecule has 0 bridgehead atoms. The fourth-order valence-electron chi connectivity index (χ4n) is 15.4. The zero-order chi connectivity index (χ0) is 85.1. The standard InChI is InChI=1S/2C36H22F2N4.C36H25F2N3/c37-30-18-14-28(15-19-30)35-40-34(41-36(42-35)29-16-20-31(38)21-17-29)27-12-8-24(9-13-27)23-6-10-25(11-7-23)32-5-1-3-26-4-2-22-39-33(26)32;37-30-18-13-28(14-19-30)35-40-34(41-36(42-35)29-15-20-31(38)21-16-29)27-11-7-24(8-12-27)23-5-9-26(10-6-23)33-22-17-25-3-1-2-4-32(25)39-33;1-36(2)31-6-4-3-5-29(31)30-20-15-26(21-32(30)36)22-7-9-23(10-8-22)33-39-34(24-11-16-27(37)17-12-24)41-35(40-33)25-13-18-28(38)19-14-25/h2*1-22H;3-21H,1-2H3. The van der Waals surface area contributed by atoms with Gasteiger partial charge in [-0.3, -0.25) is 4.98 Å². The molecule has 0 N–H and O–H groups in total. The Morgan fingerprint density at radius 2 is 0.464 bits per heavy atom. The van der Waals surface area contributed by atoms with E-state index >= 15 is 0 Å². The molecule has 5 heterocycles. The van der Waals surface area contributed by atoms with E-state index in [1.165, 1.54) is 95.1 Å². The molecule has 0 unspecified atom stereocenters. The summed E-state index contributed by atoms with van der Waals surface area (Å²) in [6, 6.07) is 115. The smallest absolute Gasteiger partial charge is 0.164 e. The average molecular weight is 1630 g/mol. The molecule has 20 aromatic rings. The van der Waals surface area contributed by atoms with Crippen LogP contribution in [0.3, 0.4) is 0 Å². The Labute approximate surface area is 715 Å². The Morgan fingerprint density at radius 3 is 0.840 bits per heavy atom. The van der Waals surface area contributed by atoms with Crippen LogP contribution in [0.15, 0.2) is 382 Å². The molecule has 0 saturated carbocycles. The van der Waals surface area contributed by atoms with E-state index in [1.54, 1.807) is 72.8 Å². The van der Waals surface area contributed by atoms with E-state index in [0.717, 1.165) is 94.3 Å². The maximum absolute atomic E-state index is 13.6. The highest BCUT2D eigenvalue weighted by atomic mass is 19.1. The molecule has 598 valence electrons. The van der Waals surface area contributed by atoms with E-state index in [2.05, 4.69) is 173 Å². The summed E-state index contributed by atoms with van der Waals surface area (Å²) < 4.78 is 81.5. The Hall–Kier alpha value is -16.3. The number of halogens is 6. The van der Waals surface area contributed by atoms with Gasteiger partial charge in [-0.05, 0) is 231 Å². The molecule has 1 aliphatic rings. The molecule has 1 aliphatic carbocycles. The molecular formula is C108H69F6N11. The molecule has 0 spiro atoms. The number of benzene rings is 15. The van der Waals surface area contributed by atoms with E-state index in [4.69, 9.17) is 34.9 Å². The summed E-state index contributed by atoms with van der Waals surface area (Å²) in [5.41, 5.74) is 24.2. The maximum atomic E-state index is 13.6. The highest BCUT2D eigenvalue weighted by Crippen LogP contribution is 2.50.